The van der Waals surface area contributed by atoms with Gasteiger partial charge in [-0.3, -0.25) is 9.69 Å². The summed E-state index contributed by atoms with van der Waals surface area (Å²) in [5.41, 5.74) is 3.10. The summed E-state index contributed by atoms with van der Waals surface area (Å²) < 4.78 is 10.8. The zero-order chi connectivity index (χ0) is 17.2. The van der Waals surface area contributed by atoms with Crippen molar-refractivity contribution in [1.82, 2.24) is 4.90 Å². The molecular formula is C20H24Cl2N2O3. The van der Waals surface area contributed by atoms with Crippen molar-refractivity contribution < 1.29 is 14.3 Å². The number of hydrogen-bond donors (Lipinski definition) is 0. The minimum atomic E-state index is 0. The highest BCUT2D eigenvalue weighted by atomic mass is 35.5. The molecule has 0 amide bonds. The summed E-state index contributed by atoms with van der Waals surface area (Å²) in [5, 5.41) is 0. The van der Waals surface area contributed by atoms with E-state index in [1.807, 2.05) is 30.3 Å². The van der Waals surface area contributed by atoms with Gasteiger partial charge in [0.15, 0.2) is 17.3 Å². The van der Waals surface area contributed by atoms with Crippen LogP contribution in [0.25, 0.3) is 0 Å². The zero-order valence-corrected chi connectivity index (χ0v) is 16.9. The zero-order valence-electron chi connectivity index (χ0n) is 15.2. The molecule has 2 aliphatic rings. The van der Waals surface area contributed by atoms with Crippen LogP contribution in [0.5, 0.6) is 11.5 Å². The van der Waals surface area contributed by atoms with Crippen LogP contribution in [0, 0.1) is 0 Å². The monoisotopic (exact) mass is 410 g/mol. The fourth-order valence-corrected chi connectivity index (χ4v) is 3.49. The van der Waals surface area contributed by atoms with E-state index in [0.29, 0.717) is 6.79 Å². The number of benzene rings is 2. The van der Waals surface area contributed by atoms with Crippen LogP contribution in [0.4, 0.5) is 5.69 Å². The number of anilines is 1. The third-order valence-corrected chi connectivity index (χ3v) is 4.84. The highest BCUT2D eigenvalue weighted by Gasteiger charge is 2.21. The van der Waals surface area contributed by atoms with E-state index in [1.165, 1.54) is 5.56 Å². The Hall–Kier alpha value is -1.95. The van der Waals surface area contributed by atoms with E-state index in [2.05, 4.69) is 21.9 Å². The van der Waals surface area contributed by atoms with E-state index in [9.17, 15) is 4.79 Å². The number of para-hydroxylation sites is 1. The molecule has 1 fully saturated rings. The largest absolute Gasteiger partial charge is 0.454 e. The van der Waals surface area contributed by atoms with Gasteiger partial charge in [0, 0.05) is 44.0 Å². The highest BCUT2D eigenvalue weighted by Crippen LogP contribution is 2.33. The number of ketones is 1. The summed E-state index contributed by atoms with van der Waals surface area (Å²) in [5.74, 6) is 1.79. The number of rotatable bonds is 4. The van der Waals surface area contributed by atoms with Crippen LogP contribution in [-0.4, -0.2) is 43.7 Å². The normalized spacial score (nSPS) is 15.7. The van der Waals surface area contributed by atoms with Gasteiger partial charge in [0.2, 0.25) is 6.79 Å². The molecule has 0 atom stereocenters. The number of carbonyl (C=O) groups excluding carboxylic acids is 1. The van der Waals surface area contributed by atoms with Crippen molar-refractivity contribution in [2.75, 3.05) is 37.9 Å². The first-order valence-corrected chi connectivity index (χ1v) is 8.66. The van der Waals surface area contributed by atoms with E-state index < -0.39 is 0 Å². The third-order valence-electron chi connectivity index (χ3n) is 4.84. The number of halogens is 2. The maximum Gasteiger partial charge on any atom is 0.231 e. The van der Waals surface area contributed by atoms with Crippen LogP contribution in [0.15, 0.2) is 42.5 Å². The SMILES string of the molecule is CC(=O)c1ccccc1N1CCN(Cc2ccc3c(c2)OCO3)CC1.Cl.Cl. The fraction of sp³-hybridized carbons (Fsp3) is 0.350. The molecule has 4 rings (SSSR count). The number of Topliss-reactive ketones (excluding diaryl/α,β-unsaturated/α-hetero) is 1. The summed E-state index contributed by atoms with van der Waals surface area (Å²) in [6, 6.07) is 14.0. The van der Waals surface area contributed by atoms with Gasteiger partial charge in [0.05, 0.1) is 0 Å². The molecule has 1 saturated heterocycles. The minimum absolute atomic E-state index is 0. The van der Waals surface area contributed by atoms with E-state index in [0.717, 1.165) is 55.5 Å². The first-order valence-electron chi connectivity index (χ1n) is 8.66. The van der Waals surface area contributed by atoms with E-state index in [1.54, 1.807) is 6.92 Å². The summed E-state index contributed by atoms with van der Waals surface area (Å²) in [6.07, 6.45) is 0. The second-order valence-electron chi connectivity index (χ2n) is 6.52. The lowest BCUT2D eigenvalue weighted by Gasteiger charge is -2.36. The maximum atomic E-state index is 11.8. The Labute approximate surface area is 172 Å². The van der Waals surface area contributed by atoms with Crippen molar-refractivity contribution in [1.29, 1.82) is 0 Å². The molecule has 0 bridgehead atoms. The Bertz CT molecular complexity index is 793. The second kappa shape index (κ2) is 9.31. The van der Waals surface area contributed by atoms with Gasteiger partial charge in [-0.05, 0) is 36.8 Å². The lowest BCUT2D eigenvalue weighted by Crippen LogP contribution is -2.46. The molecule has 27 heavy (non-hydrogen) atoms. The number of nitrogens with zero attached hydrogens (tertiary/aromatic N) is 2. The first-order chi connectivity index (χ1) is 12.2. The molecule has 7 heteroatoms. The van der Waals surface area contributed by atoms with Crippen molar-refractivity contribution in [2.45, 2.75) is 13.5 Å². The van der Waals surface area contributed by atoms with E-state index in [4.69, 9.17) is 9.47 Å². The summed E-state index contributed by atoms with van der Waals surface area (Å²) in [4.78, 5) is 16.6. The Kier molecular flexibility index (Phi) is 7.36. The van der Waals surface area contributed by atoms with Gasteiger partial charge in [-0.1, -0.05) is 18.2 Å². The Morgan fingerprint density at radius 3 is 2.41 bits per heavy atom. The van der Waals surface area contributed by atoms with Gasteiger partial charge in [-0.15, -0.1) is 24.8 Å². The standard InChI is InChI=1S/C20H22N2O3.2ClH/c1-15(23)17-4-2-3-5-18(17)22-10-8-21(9-11-22)13-16-6-7-19-20(12-16)25-14-24-19;;/h2-7,12H,8-11,13-14H2,1H3;2*1H. The molecule has 2 heterocycles. The summed E-state index contributed by atoms with van der Waals surface area (Å²) in [6.45, 7) is 6.64. The highest BCUT2D eigenvalue weighted by molar-refractivity contribution is 5.99. The molecule has 2 aromatic rings. The van der Waals surface area contributed by atoms with E-state index in [-0.39, 0.29) is 30.6 Å². The van der Waals surface area contributed by atoms with E-state index >= 15 is 0 Å². The number of hydrogen-bond acceptors (Lipinski definition) is 5. The van der Waals surface area contributed by atoms with Crippen LogP contribution < -0.4 is 14.4 Å². The molecular weight excluding hydrogens is 387 g/mol. The molecule has 0 unspecified atom stereocenters. The predicted octanol–water partition coefficient (Wildman–Crippen LogP) is 3.78. The number of carbonyl (C=O) groups is 1. The average molecular weight is 411 g/mol. The molecule has 0 saturated carbocycles. The number of ether oxygens (including phenoxy) is 2. The van der Waals surface area contributed by atoms with Crippen LogP contribution in [-0.2, 0) is 6.54 Å². The van der Waals surface area contributed by atoms with Gasteiger partial charge in [-0.25, -0.2) is 0 Å². The smallest absolute Gasteiger partial charge is 0.231 e. The quantitative estimate of drug-likeness (QED) is 0.717. The van der Waals surface area contributed by atoms with Crippen molar-refractivity contribution >= 4 is 36.3 Å². The summed E-state index contributed by atoms with van der Waals surface area (Å²) in [7, 11) is 0. The van der Waals surface area contributed by atoms with Crippen LogP contribution in [0.2, 0.25) is 0 Å². The number of piperazine rings is 1. The van der Waals surface area contributed by atoms with Gasteiger partial charge in [-0.2, -0.15) is 0 Å². The Morgan fingerprint density at radius 1 is 0.963 bits per heavy atom. The lowest BCUT2D eigenvalue weighted by molar-refractivity contribution is 0.101. The average Bonchev–Trinajstić information content (AvgIpc) is 3.10. The predicted molar refractivity (Wildman–Crippen MR) is 111 cm³/mol. The second-order valence-corrected chi connectivity index (χ2v) is 6.52. The fourth-order valence-electron chi connectivity index (χ4n) is 3.49. The van der Waals surface area contributed by atoms with Crippen molar-refractivity contribution in [2.24, 2.45) is 0 Å². The molecule has 2 aliphatic heterocycles. The van der Waals surface area contributed by atoms with Crippen molar-refractivity contribution in [3.8, 4) is 11.5 Å². The number of fused-ring (bicyclic) bond motifs is 1. The molecule has 0 radical (unpaired) electrons. The Morgan fingerprint density at radius 2 is 1.67 bits per heavy atom. The molecule has 5 nitrogen and oxygen atoms in total. The maximum absolute atomic E-state index is 11.8. The topological polar surface area (TPSA) is 42.0 Å². The molecule has 146 valence electrons. The van der Waals surface area contributed by atoms with Crippen LogP contribution in [0.3, 0.4) is 0 Å². The molecule has 0 N–H and O–H groups in total. The molecule has 0 spiro atoms. The molecule has 0 aromatic heterocycles. The van der Waals surface area contributed by atoms with Gasteiger partial charge in [0.1, 0.15) is 0 Å². The first kappa shape index (κ1) is 21.4. The van der Waals surface area contributed by atoms with Crippen molar-refractivity contribution in [3.05, 3.63) is 53.6 Å². The minimum Gasteiger partial charge on any atom is -0.454 e. The van der Waals surface area contributed by atoms with Gasteiger partial charge >= 0.3 is 0 Å². The van der Waals surface area contributed by atoms with Crippen LogP contribution in [0.1, 0.15) is 22.8 Å². The van der Waals surface area contributed by atoms with Crippen molar-refractivity contribution in [3.63, 3.8) is 0 Å². The molecule has 0 aliphatic carbocycles. The van der Waals surface area contributed by atoms with Crippen LogP contribution >= 0.6 is 24.8 Å². The molecule has 2 aromatic carbocycles. The Balaban J connectivity index is 0.00000131. The van der Waals surface area contributed by atoms with Gasteiger partial charge in [0.25, 0.3) is 0 Å². The third kappa shape index (κ3) is 4.67. The van der Waals surface area contributed by atoms with Gasteiger partial charge < -0.3 is 14.4 Å². The summed E-state index contributed by atoms with van der Waals surface area (Å²) >= 11 is 0. The lowest BCUT2D eigenvalue weighted by atomic mass is 10.1.